The molecule has 4 fully saturated rings. The molecule has 4 aliphatic carbocycles. The van der Waals surface area contributed by atoms with E-state index in [1.54, 1.807) is 0 Å². The summed E-state index contributed by atoms with van der Waals surface area (Å²) in [5.41, 5.74) is 0.656. The third-order valence-corrected chi connectivity index (χ3v) is 10.5. The molecule has 2 nitrogen and oxygen atoms in total. The molecule has 1 N–H and O–H groups in total. The fourth-order valence-corrected chi connectivity index (χ4v) is 8.82. The summed E-state index contributed by atoms with van der Waals surface area (Å²) in [7, 11) is 0. The number of carboxylic acid groups (broad SMARTS) is 1. The van der Waals surface area contributed by atoms with E-state index in [9.17, 15) is 13.2 Å². The molecule has 208 valence electrons. The second-order valence-electron chi connectivity index (χ2n) is 11.8. The van der Waals surface area contributed by atoms with Gasteiger partial charge in [0.1, 0.15) is 0 Å². The summed E-state index contributed by atoms with van der Waals surface area (Å²) in [6.45, 7) is 18.8. The van der Waals surface area contributed by atoms with Crippen LogP contribution in [0.2, 0.25) is 0 Å². The van der Waals surface area contributed by atoms with Crippen LogP contribution < -0.4 is 0 Å². The van der Waals surface area contributed by atoms with E-state index in [-0.39, 0.29) is 5.41 Å². The van der Waals surface area contributed by atoms with Gasteiger partial charge in [0.05, 0.1) is 5.92 Å². The van der Waals surface area contributed by atoms with Gasteiger partial charge in [-0.15, -0.1) is 0 Å². The topological polar surface area (TPSA) is 37.3 Å². The van der Waals surface area contributed by atoms with Crippen LogP contribution in [0.5, 0.6) is 0 Å². The Labute approximate surface area is 214 Å². The standard InChI is InChI=1S/C24H39F3.C2H4O2.2C2H6/c1-5-15(2)19-8-9-20-18-7-6-16-14-17(24(25,26)27)10-12-22(16,3)21(18)11-13-23(19,20)4;1-2(3)4;2*1-2/h15-21H,5-14H2,1-4H3;1H3,(H,3,4);2*1-2H3/t15-,16?,17?,18?,19?,20?,21?,22?,23?;;;/m1.../s1. The first kappa shape index (κ1) is 32.3. The summed E-state index contributed by atoms with van der Waals surface area (Å²) in [5, 5.41) is 7.42. The largest absolute Gasteiger partial charge is 0.481 e. The lowest BCUT2D eigenvalue weighted by Gasteiger charge is -2.61. The fraction of sp³-hybridized carbons (Fsp3) is 0.967. The molecular weight excluding hydrogens is 449 g/mol. The van der Waals surface area contributed by atoms with Crippen molar-refractivity contribution in [3.63, 3.8) is 0 Å². The molecular formula is C30H55F3O2. The third-order valence-electron chi connectivity index (χ3n) is 10.5. The van der Waals surface area contributed by atoms with Crippen LogP contribution in [0.3, 0.4) is 0 Å². The summed E-state index contributed by atoms with van der Waals surface area (Å²) in [4.78, 5) is 9.00. The Bertz CT molecular complexity index is 644. The highest BCUT2D eigenvalue weighted by atomic mass is 19.4. The van der Waals surface area contributed by atoms with Gasteiger partial charge >= 0.3 is 6.18 Å². The Morgan fingerprint density at radius 2 is 1.43 bits per heavy atom. The number of hydrogen-bond donors (Lipinski definition) is 1. The maximum Gasteiger partial charge on any atom is 0.391 e. The quantitative estimate of drug-likeness (QED) is 0.406. The summed E-state index contributed by atoms with van der Waals surface area (Å²) in [6.07, 6.45) is 6.46. The minimum atomic E-state index is -3.99. The highest BCUT2D eigenvalue weighted by molar-refractivity contribution is 5.62. The number of carbonyl (C=O) groups is 1. The summed E-state index contributed by atoms with van der Waals surface area (Å²) < 4.78 is 40.0. The zero-order chi connectivity index (χ0) is 27.2. The first-order valence-electron chi connectivity index (χ1n) is 14.6. The number of rotatable bonds is 2. The molecule has 0 saturated heterocycles. The second kappa shape index (κ2) is 13.2. The molecule has 4 rings (SSSR count). The van der Waals surface area contributed by atoms with E-state index in [0.29, 0.717) is 30.1 Å². The van der Waals surface area contributed by atoms with Gasteiger partial charge in [-0.3, -0.25) is 4.79 Å². The molecule has 35 heavy (non-hydrogen) atoms. The van der Waals surface area contributed by atoms with E-state index in [1.807, 2.05) is 27.7 Å². The van der Waals surface area contributed by atoms with Gasteiger partial charge in [-0.25, -0.2) is 0 Å². The highest BCUT2D eigenvalue weighted by Gasteiger charge is 2.61. The monoisotopic (exact) mass is 504 g/mol. The molecule has 0 aliphatic heterocycles. The smallest absolute Gasteiger partial charge is 0.391 e. The van der Waals surface area contributed by atoms with Crippen LogP contribution in [-0.4, -0.2) is 17.3 Å². The average molecular weight is 505 g/mol. The summed E-state index contributed by atoms with van der Waals surface area (Å²) in [6, 6.07) is 0. The Hall–Kier alpha value is -0.740. The van der Waals surface area contributed by atoms with Crippen LogP contribution in [0.15, 0.2) is 0 Å². The van der Waals surface area contributed by atoms with Crippen molar-refractivity contribution in [1.82, 2.24) is 0 Å². The molecule has 0 aromatic carbocycles. The lowest BCUT2D eigenvalue weighted by molar-refractivity contribution is -0.208. The van der Waals surface area contributed by atoms with Crippen molar-refractivity contribution in [3.8, 4) is 0 Å². The predicted octanol–water partition coefficient (Wildman–Crippen LogP) is 10.0. The third kappa shape index (κ3) is 6.78. The van der Waals surface area contributed by atoms with Crippen molar-refractivity contribution in [2.45, 2.75) is 133 Å². The Morgan fingerprint density at radius 3 is 1.94 bits per heavy atom. The van der Waals surface area contributed by atoms with E-state index < -0.39 is 18.1 Å². The van der Waals surface area contributed by atoms with Gasteiger partial charge in [-0.1, -0.05) is 61.8 Å². The normalized spacial score (nSPS) is 40.6. The van der Waals surface area contributed by atoms with Gasteiger partial charge in [0, 0.05) is 6.92 Å². The van der Waals surface area contributed by atoms with Crippen molar-refractivity contribution in [1.29, 1.82) is 0 Å². The first-order chi connectivity index (χ1) is 16.3. The Morgan fingerprint density at radius 1 is 0.914 bits per heavy atom. The minimum absolute atomic E-state index is 0.167. The van der Waals surface area contributed by atoms with Gasteiger partial charge in [-0.05, 0) is 104 Å². The summed E-state index contributed by atoms with van der Waals surface area (Å²) in [5.74, 6) is 2.39. The van der Waals surface area contributed by atoms with Crippen molar-refractivity contribution in [2.24, 2.45) is 52.3 Å². The molecule has 9 atom stereocenters. The maximum atomic E-state index is 13.3. The number of alkyl halides is 3. The van der Waals surface area contributed by atoms with Crippen LogP contribution >= 0.6 is 0 Å². The van der Waals surface area contributed by atoms with Crippen LogP contribution in [0.4, 0.5) is 13.2 Å². The number of carboxylic acids is 1. The second-order valence-corrected chi connectivity index (χ2v) is 11.8. The van der Waals surface area contributed by atoms with Gasteiger partial charge in [0.15, 0.2) is 0 Å². The van der Waals surface area contributed by atoms with Crippen molar-refractivity contribution >= 4 is 5.97 Å². The Balaban J connectivity index is 0.000000684. The maximum absolute atomic E-state index is 13.3. The minimum Gasteiger partial charge on any atom is -0.481 e. The van der Waals surface area contributed by atoms with Crippen LogP contribution in [0, 0.1) is 52.3 Å². The molecule has 0 aromatic rings. The van der Waals surface area contributed by atoms with Gasteiger partial charge in [-0.2, -0.15) is 13.2 Å². The number of halogens is 3. The molecule has 0 amide bonds. The Kier molecular flexibility index (Phi) is 12.2. The van der Waals surface area contributed by atoms with Gasteiger partial charge < -0.3 is 5.11 Å². The van der Waals surface area contributed by atoms with Crippen LogP contribution in [0.25, 0.3) is 0 Å². The van der Waals surface area contributed by atoms with Crippen LogP contribution in [-0.2, 0) is 4.79 Å². The fourth-order valence-electron chi connectivity index (χ4n) is 8.82. The molecule has 4 saturated carbocycles. The molecule has 0 radical (unpaired) electrons. The van der Waals surface area contributed by atoms with E-state index in [0.717, 1.165) is 43.4 Å². The number of aliphatic carboxylic acids is 1. The molecule has 0 bridgehead atoms. The average Bonchev–Trinajstić information content (AvgIpc) is 3.17. The molecule has 0 spiro atoms. The lowest BCUT2D eigenvalue weighted by Crippen LogP contribution is -2.54. The van der Waals surface area contributed by atoms with Crippen molar-refractivity contribution in [2.75, 3.05) is 0 Å². The van der Waals surface area contributed by atoms with Crippen molar-refractivity contribution < 1.29 is 23.1 Å². The molecule has 0 aromatic heterocycles. The zero-order valence-corrected chi connectivity index (χ0v) is 24.1. The predicted molar refractivity (Wildman–Crippen MR) is 140 cm³/mol. The van der Waals surface area contributed by atoms with E-state index in [4.69, 9.17) is 9.90 Å². The molecule has 0 heterocycles. The highest BCUT2D eigenvalue weighted by Crippen LogP contribution is 2.69. The number of hydrogen-bond acceptors (Lipinski definition) is 1. The van der Waals surface area contributed by atoms with Gasteiger partial charge in [0.25, 0.3) is 5.97 Å². The lowest BCUT2D eigenvalue weighted by atomic mass is 9.44. The number of fused-ring (bicyclic) bond motifs is 5. The van der Waals surface area contributed by atoms with Crippen LogP contribution in [0.1, 0.15) is 127 Å². The van der Waals surface area contributed by atoms with E-state index >= 15 is 0 Å². The molecule has 8 unspecified atom stereocenters. The zero-order valence-electron chi connectivity index (χ0n) is 24.1. The van der Waals surface area contributed by atoms with E-state index in [2.05, 4.69) is 27.7 Å². The first-order valence-corrected chi connectivity index (χ1v) is 14.6. The molecule has 5 heteroatoms. The molecule has 4 aliphatic rings. The van der Waals surface area contributed by atoms with Crippen molar-refractivity contribution in [3.05, 3.63) is 0 Å². The van der Waals surface area contributed by atoms with Gasteiger partial charge in [0.2, 0.25) is 0 Å². The summed E-state index contributed by atoms with van der Waals surface area (Å²) >= 11 is 0. The SMILES string of the molecule is CC.CC.CC(=O)O.CC[C@@H](C)C1CCC2C3CCC4CC(C(F)(F)F)CCC4(C)C3CCC21C. The van der Waals surface area contributed by atoms with E-state index in [1.165, 1.54) is 38.5 Å².